The highest BCUT2D eigenvalue weighted by atomic mass is 35.5. The van der Waals surface area contributed by atoms with Crippen LogP contribution in [0.3, 0.4) is 0 Å². The van der Waals surface area contributed by atoms with E-state index in [9.17, 15) is 4.79 Å². The number of halogens is 1. The van der Waals surface area contributed by atoms with Crippen molar-refractivity contribution in [2.24, 2.45) is 11.8 Å². The van der Waals surface area contributed by atoms with Crippen LogP contribution in [0.5, 0.6) is 0 Å². The quantitative estimate of drug-likeness (QED) is 0.589. The van der Waals surface area contributed by atoms with Crippen LogP contribution in [0.25, 0.3) is 0 Å². The Kier molecular flexibility index (Phi) is 3.38. The van der Waals surface area contributed by atoms with Crippen molar-refractivity contribution in [3.05, 3.63) is 0 Å². The molecule has 0 aromatic rings. The Morgan fingerprint density at radius 1 is 1.45 bits per heavy atom. The van der Waals surface area contributed by atoms with Crippen LogP contribution in [0.15, 0.2) is 0 Å². The molecule has 0 heterocycles. The van der Waals surface area contributed by atoms with Crippen LogP contribution < -0.4 is 0 Å². The largest absolute Gasteiger partial charge is 0.281 e. The first-order chi connectivity index (χ1) is 5.25. The van der Waals surface area contributed by atoms with Crippen molar-refractivity contribution in [3.8, 4) is 0 Å². The summed E-state index contributed by atoms with van der Waals surface area (Å²) < 4.78 is 0. The first-order valence-electron chi connectivity index (χ1n) is 4.45. The lowest BCUT2D eigenvalue weighted by atomic mass is 9.78. The topological polar surface area (TPSA) is 17.1 Å². The first-order valence-corrected chi connectivity index (χ1v) is 4.82. The van der Waals surface area contributed by atoms with E-state index < -0.39 is 0 Å². The fourth-order valence-electron chi connectivity index (χ4n) is 2.00. The molecule has 2 heteroatoms. The predicted molar refractivity (Wildman–Crippen MR) is 46.6 cm³/mol. The number of rotatable bonds is 2. The Labute approximate surface area is 73.1 Å². The van der Waals surface area contributed by atoms with Gasteiger partial charge in [-0.15, -0.1) is 0 Å². The van der Waals surface area contributed by atoms with Gasteiger partial charge in [0.25, 0.3) is 0 Å². The van der Waals surface area contributed by atoms with Gasteiger partial charge in [-0.1, -0.05) is 26.2 Å². The highest BCUT2D eigenvalue weighted by molar-refractivity contribution is 6.64. The summed E-state index contributed by atoms with van der Waals surface area (Å²) in [5.74, 6) is 0.726. The molecule has 0 spiro atoms. The summed E-state index contributed by atoms with van der Waals surface area (Å²) in [7, 11) is 0. The Hall–Kier alpha value is -0.0400. The molecule has 1 rings (SSSR count). The molecule has 1 aliphatic carbocycles. The molecule has 0 radical (unpaired) electrons. The van der Waals surface area contributed by atoms with Gasteiger partial charge >= 0.3 is 0 Å². The summed E-state index contributed by atoms with van der Waals surface area (Å²) in [6.07, 6.45) is 5.77. The van der Waals surface area contributed by atoms with Crippen molar-refractivity contribution in [2.75, 3.05) is 0 Å². The fourth-order valence-corrected chi connectivity index (χ4v) is 2.28. The monoisotopic (exact) mass is 174 g/mol. The van der Waals surface area contributed by atoms with Crippen molar-refractivity contribution in [3.63, 3.8) is 0 Å². The van der Waals surface area contributed by atoms with Gasteiger partial charge in [0.2, 0.25) is 5.24 Å². The van der Waals surface area contributed by atoms with Crippen LogP contribution in [0.1, 0.15) is 39.0 Å². The molecular formula is C9H15ClO. The summed E-state index contributed by atoms with van der Waals surface area (Å²) in [6, 6.07) is 0. The third kappa shape index (κ3) is 2.19. The summed E-state index contributed by atoms with van der Waals surface area (Å²) in [5.41, 5.74) is 0. The molecule has 2 unspecified atom stereocenters. The van der Waals surface area contributed by atoms with Crippen LogP contribution in [-0.2, 0) is 4.79 Å². The number of hydrogen-bond acceptors (Lipinski definition) is 1. The van der Waals surface area contributed by atoms with E-state index in [4.69, 9.17) is 11.6 Å². The number of hydrogen-bond donors (Lipinski definition) is 0. The molecule has 1 nitrogen and oxygen atoms in total. The summed E-state index contributed by atoms with van der Waals surface area (Å²) >= 11 is 5.49. The van der Waals surface area contributed by atoms with Gasteiger partial charge in [0, 0.05) is 5.92 Å². The average Bonchev–Trinajstić information content (AvgIpc) is 2.04. The van der Waals surface area contributed by atoms with E-state index in [0.717, 1.165) is 12.8 Å². The lowest BCUT2D eigenvalue weighted by Crippen LogP contribution is -2.23. The highest BCUT2D eigenvalue weighted by Gasteiger charge is 2.27. The molecular weight excluding hydrogens is 160 g/mol. The van der Waals surface area contributed by atoms with Crippen molar-refractivity contribution in [1.82, 2.24) is 0 Å². The van der Waals surface area contributed by atoms with E-state index >= 15 is 0 Å². The number of carbonyl (C=O) groups is 1. The molecule has 0 saturated heterocycles. The van der Waals surface area contributed by atoms with Gasteiger partial charge < -0.3 is 0 Å². The molecule has 0 aliphatic heterocycles. The molecule has 11 heavy (non-hydrogen) atoms. The molecule has 0 aromatic carbocycles. The van der Waals surface area contributed by atoms with Gasteiger partial charge in [-0.2, -0.15) is 0 Å². The Balaban J connectivity index is 2.51. The molecule has 0 bridgehead atoms. The molecule has 0 aromatic heterocycles. The second-order valence-electron chi connectivity index (χ2n) is 3.36. The Morgan fingerprint density at radius 3 is 2.55 bits per heavy atom. The van der Waals surface area contributed by atoms with Crippen molar-refractivity contribution < 1.29 is 4.79 Å². The van der Waals surface area contributed by atoms with Gasteiger partial charge in [-0.3, -0.25) is 4.79 Å². The van der Waals surface area contributed by atoms with E-state index in [1.165, 1.54) is 19.3 Å². The molecule has 1 fully saturated rings. The minimum absolute atomic E-state index is 0.114. The maximum Gasteiger partial charge on any atom is 0.224 e. The molecule has 0 N–H and O–H groups in total. The van der Waals surface area contributed by atoms with E-state index in [1.54, 1.807) is 0 Å². The van der Waals surface area contributed by atoms with Crippen molar-refractivity contribution >= 4 is 16.8 Å². The fraction of sp³-hybridized carbons (Fsp3) is 0.889. The minimum atomic E-state index is -0.114. The van der Waals surface area contributed by atoms with Gasteiger partial charge in [0.15, 0.2) is 0 Å². The van der Waals surface area contributed by atoms with Crippen molar-refractivity contribution in [1.29, 1.82) is 0 Å². The van der Waals surface area contributed by atoms with Crippen LogP contribution >= 0.6 is 11.6 Å². The Bertz CT molecular complexity index is 144. The molecule has 0 amide bonds. The zero-order chi connectivity index (χ0) is 8.27. The van der Waals surface area contributed by atoms with Gasteiger partial charge in [-0.05, 0) is 30.4 Å². The van der Waals surface area contributed by atoms with Gasteiger partial charge in [0.1, 0.15) is 0 Å². The minimum Gasteiger partial charge on any atom is -0.281 e. The molecule has 1 saturated carbocycles. The van der Waals surface area contributed by atoms with Crippen LogP contribution in [0.4, 0.5) is 0 Å². The van der Waals surface area contributed by atoms with Crippen LogP contribution in [0.2, 0.25) is 0 Å². The summed E-state index contributed by atoms with van der Waals surface area (Å²) in [5, 5.41) is -0.114. The summed E-state index contributed by atoms with van der Waals surface area (Å²) in [4.78, 5) is 10.9. The van der Waals surface area contributed by atoms with E-state index in [2.05, 4.69) is 6.92 Å². The zero-order valence-electron chi connectivity index (χ0n) is 6.98. The highest BCUT2D eigenvalue weighted by Crippen LogP contribution is 2.33. The maximum atomic E-state index is 10.9. The second-order valence-corrected chi connectivity index (χ2v) is 3.74. The third-order valence-corrected chi connectivity index (χ3v) is 3.01. The third-order valence-electron chi connectivity index (χ3n) is 2.72. The average molecular weight is 175 g/mol. The summed E-state index contributed by atoms with van der Waals surface area (Å²) in [6.45, 7) is 2.14. The van der Waals surface area contributed by atoms with E-state index in [-0.39, 0.29) is 11.2 Å². The smallest absolute Gasteiger partial charge is 0.224 e. The lowest BCUT2D eigenvalue weighted by molar-refractivity contribution is -0.117. The molecule has 2 atom stereocenters. The van der Waals surface area contributed by atoms with Crippen molar-refractivity contribution in [2.45, 2.75) is 39.0 Å². The van der Waals surface area contributed by atoms with Gasteiger partial charge in [-0.25, -0.2) is 0 Å². The Morgan fingerprint density at radius 2 is 2.09 bits per heavy atom. The van der Waals surface area contributed by atoms with Gasteiger partial charge in [0.05, 0.1) is 0 Å². The first kappa shape index (κ1) is 9.05. The SMILES string of the molecule is CCC1CCCCC1C(=O)Cl. The van der Waals surface area contributed by atoms with Crippen LogP contribution in [-0.4, -0.2) is 5.24 Å². The predicted octanol–water partition coefficient (Wildman–Crippen LogP) is 2.97. The molecule has 64 valence electrons. The lowest BCUT2D eigenvalue weighted by Gasteiger charge is -2.27. The van der Waals surface area contributed by atoms with Crippen LogP contribution in [0, 0.1) is 11.8 Å². The second kappa shape index (κ2) is 4.10. The standard InChI is InChI=1S/C9H15ClO/c1-2-7-5-3-4-6-8(7)9(10)11/h7-8H,2-6H2,1H3. The zero-order valence-corrected chi connectivity index (χ0v) is 7.73. The van der Waals surface area contributed by atoms with E-state index in [1.807, 2.05) is 0 Å². The molecule has 1 aliphatic rings. The normalized spacial score (nSPS) is 31.8. The van der Waals surface area contributed by atoms with E-state index in [0.29, 0.717) is 5.92 Å². The number of carbonyl (C=O) groups excluding carboxylic acids is 1. The maximum absolute atomic E-state index is 10.9.